The van der Waals surface area contributed by atoms with Crippen molar-refractivity contribution in [3.05, 3.63) is 34.3 Å². The Labute approximate surface area is 104 Å². The molecule has 0 heterocycles. The third-order valence-corrected chi connectivity index (χ3v) is 3.02. The van der Waals surface area contributed by atoms with Gasteiger partial charge in [-0.3, -0.25) is 9.59 Å². The third-order valence-electron chi connectivity index (χ3n) is 2.24. The predicted molar refractivity (Wildman–Crippen MR) is 67.3 cm³/mol. The Morgan fingerprint density at radius 3 is 2.25 bits per heavy atom. The highest BCUT2D eigenvalue weighted by Crippen LogP contribution is 2.20. The maximum atomic E-state index is 11.7. The van der Waals surface area contributed by atoms with Crippen molar-refractivity contribution in [1.82, 2.24) is 0 Å². The van der Waals surface area contributed by atoms with Crippen LogP contribution in [0.4, 0.5) is 0 Å². The number of benzene rings is 1. The number of Topliss-reactive ketones (excluding diaryl/α,β-unsaturated/α-hetero) is 2. The van der Waals surface area contributed by atoms with Crippen molar-refractivity contribution in [2.75, 3.05) is 0 Å². The van der Waals surface area contributed by atoms with Gasteiger partial charge in [-0.1, -0.05) is 54.9 Å². The summed E-state index contributed by atoms with van der Waals surface area (Å²) in [6.45, 7) is 5.27. The van der Waals surface area contributed by atoms with Crippen LogP contribution in [-0.2, 0) is 16.0 Å². The smallest absolute Gasteiger partial charge is 0.204 e. The molecule has 0 saturated carbocycles. The van der Waals surface area contributed by atoms with Crippen molar-refractivity contribution < 1.29 is 9.59 Å². The molecular weight excluding hydrogens is 268 g/mol. The van der Waals surface area contributed by atoms with Crippen LogP contribution in [0.15, 0.2) is 28.7 Å². The van der Waals surface area contributed by atoms with Gasteiger partial charge in [0.05, 0.1) is 0 Å². The number of ketones is 2. The van der Waals surface area contributed by atoms with Crippen LogP contribution in [0.25, 0.3) is 0 Å². The van der Waals surface area contributed by atoms with Crippen LogP contribution in [0.3, 0.4) is 0 Å². The average Bonchev–Trinajstić information content (AvgIpc) is 2.19. The Balaban J connectivity index is 2.81. The van der Waals surface area contributed by atoms with Crippen molar-refractivity contribution in [3.63, 3.8) is 0 Å². The molecule has 0 saturated heterocycles. The first-order valence-electron chi connectivity index (χ1n) is 5.13. The van der Waals surface area contributed by atoms with Crippen LogP contribution in [0.5, 0.6) is 0 Å². The second-order valence-corrected chi connectivity index (χ2v) is 5.62. The maximum absolute atomic E-state index is 11.7. The lowest BCUT2D eigenvalue weighted by Gasteiger charge is -2.15. The molecule has 1 aromatic carbocycles. The lowest BCUT2D eigenvalue weighted by atomic mass is 9.86. The Hall–Kier alpha value is -0.960. The van der Waals surface area contributed by atoms with E-state index in [1.807, 2.05) is 24.3 Å². The predicted octanol–water partition coefficient (Wildman–Crippen LogP) is 3.18. The van der Waals surface area contributed by atoms with E-state index >= 15 is 0 Å². The van der Waals surface area contributed by atoms with Crippen LogP contribution in [0.2, 0.25) is 0 Å². The highest BCUT2D eigenvalue weighted by atomic mass is 79.9. The summed E-state index contributed by atoms with van der Waals surface area (Å²) in [4.78, 5) is 23.5. The number of hydrogen-bond donors (Lipinski definition) is 0. The minimum Gasteiger partial charge on any atom is -0.290 e. The summed E-state index contributed by atoms with van der Waals surface area (Å²) in [7, 11) is 0. The molecule has 0 aliphatic heterocycles. The molecule has 0 aromatic heterocycles. The zero-order chi connectivity index (χ0) is 12.3. The van der Waals surface area contributed by atoms with Gasteiger partial charge in [0.25, 0.3) is 0 Å². The molecule has 1 aromatic rings. The van der Waals surface area contributed by atoms with E-state index in [1.54, 1.807) is 20.8 Å². The van der Waals surface area contributed by atoms with Crippen LogP contribution >= 0.6 is 15.9 Å². The fourth-order valence-corrected chi connectivity index (χ4v) is 1.74. The SMILES string of the molecule is CC(C)(C)C(=O)C(=O)Cc1ccccc1Br. The molecule has 0 radical (unpaired) electrons. The summed E-state index contributed by atoms with van der Waals surface area (Å²) in [6.07, 6.45) is 0.164. The largest absolute Gasteiger partial charge is 0.290 e. The normalized spacial score (nSPS) is 11.2. The molecule has 1 rings (SSSR count). The molecule has 0 aliphatic carbocycles. The first-order chi connectivity index (χ1) is 7.32. The van der Waals surface area contributed by atoms with E-state index in [-0.39, 0.29) is 18.0 Å². The highest BCUT2D eigenvalue weighted by molar-refractivity contribution is 9.10. The van der Waals surface area contributed by atoms with Gasteiger partial charge in [0.2, 0.25) is 11.6 Å². The molecule has 3 heteroatoms. The molecule has 0 spiro atoms. The zero-order valence-corrected chi connectivity index (χ0v) is 11.3. The van der Waals surface area contributed by atoms with Crippen LogP contribution < -0.4 is 0 Å². The topological polar surface area (TPSA) is 34.1 Å². The molecule has 0 bridgehead atoms. The minimum atomic E-state index is -0.599. The second-order valence-electron chi connectivity index (χ2n) is 4.77. The van der Waals surface area contributed by atoms with E-state index in [4.69, 9.17) is 0 Å². The summed E-state index contributed by atoms with van der Waals surface area (Å²) < 4.78 is 0.866. The summed E-state index contributed by atoms with van der Waals surface area (Å²) in [6, 6.07) is 7.45. The lowest BCUT2D eigenvalue weighted by Crippen LogP contribution is -2.29. The van der Waals surface area contributed by atoms with Gasteiger partial charge < -0.3 is 0 Å². The summed E-state index contributed by atoms with van der Waals surface area (Å²) in [5.41, 5.74) is 0.253. The van der Waals surface area contributed by atoms with Gasteiger partial charge in [-0.25, -0.2) is 0 Å². The van der Waals surface area contributed by atoms with E-state index < -0.39 is 5.41 Å². The van der Waals surface area contributed by atoms with Crippen molar-refractivity contribution in [2.45, 2.75) is 27.2 Å². The minimum absolute atomic E-state index is 0.164. The monoisotopic (exact) mass is 282 g/mol. The van der Waals surface area contributed by atoms with E-state index in [9.17, 15) is 9.59 Å². The highest BCUT2D eigenvalue weighted by Gasteiger charge is 2.28. The van der Waals surface area contributed by atoms with E-state index in [0.717, 1.165) is 10.0 Å². The van der Waals surface area contributed by atoms with Crippen molar-refractivity contribution >= 4 is 27.5 Å². The van der Waals surface area contributed by atoms with Gasteiger partial charge in [-0.05, 0) is 11.6 Å². The molecule has 0 fully saturated rings. The molecule has 0 atom stereocenters. The van der Waals surface area contributed by atoms with Gasteiger partial charge in [-0.2, -0.15) is 0 Å². The molecule has 2 nitrogen and oxygen atoms in total. The van der Waals surface area contributed by atoms with Gasteiger partial charge >= 0.3 is 0 Å². The first-order valence-corrected chi connectivity index (χ1v) is 5.92. The standard InChI is InChI=1S/C13H15BrO2/c1-13(2,3)12(16)11(15)8-9-6-4-5-7-10(9)14/h4-7H,8H2,1-3H3. The quantitative estimate of drug-likeness (QED) is 0.798. The second kappa shape index (κ2) is 4.91. The molecule has 16 heavy (non-hydrogen) atoms. The number of halogens is 1. The molecule has 0 N–H and O–H groups in total. The molecule has 0 aliphatic rings. The van der Waals surface area contributed by atoms with E-state index in [0.29, 0.717) is 0 Å². The van der Waals surface area contributed by atoms with Crippen molar-refractivity contribution in [1.29, 1.82) is 0 Å². The molecule has 0 unspecified atom stereocenters. The number of rotatable bonds is 3. The van der Waals surface area contributed by atoms with Gasteiger partial charge in [-0.15, -0.1) is 0 Å². The van der Waals surface area contributed by atoms with Gasteiger partial charge in [0, 0.05) is 16.3 Å². The Morgan fingerprint density at radius 2 is 1.75 bits per heavy atom. The fourth-order valence-electron chi connectivity index (χ4n) is 1.31. The third kappa shape index (κ3) is 3.27. The molecular formula is C13H15BrO2. The number of hydrogen-bond acceptors (Lipinski definition) is 2. The summed E-state index contributed by atoms with van der Waals surface area (Å²) >= 11 is 3.36. The fraction of sp³-hybridized carbons (Fsp3) is 0.385. The molecule has 86 valence electrons. The lowest BCUT2D eigenvalue weighted by molar-refractivity contribution is -0.140. The van der Waals surface area contributed by atoms with E-state index in [1.165, 1.54) is 0 Å². The Kier molecular flexibility index (Phi) is 4.03. The van der Waals surface area contributed by atoms with Crippen LogP contribution in [0.1, 0.15) is 26.3 Å². The molecule has 0 amide bonds. The average molecular weight is 283 g/mol. The van der Waals surface area contributed by atoms with E-state index in [2.05, 4.69) is 15.9 Å². The Morgan fingerprint density at radius 1 is 1.19 bits per heavy atom. The van der Waals surface area contributed by atoms with Crippen LogP contribution in [-0.4, -0.2) is 11.6 Å². The number of carbonyl (C=O) groups is 2. The maximum Gasteiger partial charge on any atom is 0.204 e. The van der Waals surface area contributed by atoms with Crippen molar-refractivity contribution in [3.8, 4) is 0 Å². The van der Waals surface area contributed by atoms with Crippen molar-refractivity contribution in [2.24, 2.45) is 5.41 Å². The van der Waals surface area contributed by atoms with Crippen LogP contribution in [0, 0.1) is 5.41 Å². The zero-order valence-electron chi connectivity index (χ0n) is 9.71. The number of carbonyl (C=O) groups excluding carboxylic acids is 2. The summed E-state index contributed by atoms with van der Waals surface area (Å²) in [5.74, 6) is -0.650. The van der Waals surface area contributed by atoms with Gasteiger partial charge in [0.1, 0.15) is 0 Å². The Bertz CT molecular complexity index is 416. The summed E-state index contributed by atoms with van der Waals surface area (Å²) in [5, 5.41) is 0. The van der Waals surface area contributed by atoms with Gasteiger partial charge in [0.15, 0.2) is 0 Å². The first kappa shape index (κ1) is 13.1.